The Labute approximate surface area is 140 Å². The predicted molar refractivity (Wildman–Crippen MR) is 88.4 cm³/mol. The monoisotopic (exact) mass is 329 g/mol. The summed E-state index contributed by atoms with van der Waals surface area (Å²) in [5.41, 5.74) is 0.684. The second-order valence-electron chi connectivity index (χ2n) is 5.99. The Morgan fingerprint density at radius 2 is 2.21 bits per heavy atom. The maximum atomic E-state index is 14.3. The number of aromatic nitrogens is 1. The molecule has 1 saturated carbocycles. The molecule has 0 saturated heterocycles. The lowest BCUT2D eigenvalue weighted by molar-refractivity contribution is 0.203. The van der Waals surface area contributed by atoms with Gasteiger partial charge < -0.3 is 15.0 Å². The molecule has 1 N–H and O–H groups in total. The molecule has 6 heteroatoms. The minimum atomic E-state index is -0.479. The lowest BCUT2D eigenvalue weighted by atomic mass is 10.1. The molecule has 2 amide bonds. The third-order valence-electron chi connectivity index (χ3n) is 4.07. The highest BCUT2D eigenvalue weighted by atomic mass is 19.1. The molecule has 0 unspecified atom stereocenters. The zero-order chi connectivity index (χ0) is 17.1. The summed E-state index contributed by atoms with van der Waals surface area (Å²) < 4.78 is 19.7. The van der Waals surface area contributed by atoms with Crippen molar-refractivity contribution < 1.29 is 13.9 Å². The van der Waals surface area contributed by atoms with Gasteiger partial charge in [0.1, 0.15) is 5.75 Å². The number of amides is 2. The summed E-state index contributed by atoms with van der Waals surface area (Å²) in [6.45, 7) is 1.83. The van der Waals surface area contributed by atoms with E-state index in [4.69, 9.17) is 4.74 Å². The van der Waals surface area contributed by atoms with Crippen LogP contribution in [-0.2, 0) is 0 Å². The molecule has 0 bridgehead atoms. The van der Waals surface area contributed by atoms with Crippen LogP contribution in [0.15, 0.2) is 42.7 Å². The van der Waals surface area contributed by atoms with Crippen molar-refractivity contribution in [2.75, 3.05) is 7.05 Å². The fourth-order valence-corrected chi connectivity index (χ4v) is 2.40. The number of benzene rings is 1. The lowest BCUT2D eigenvalue weighted by Crippen LogP contribution is -2.39. The van der Waals surface area contributed by atoms with E-state index in [0.29, 0.717) is 17.4 Å². The second-order valence-corrected chi connectivity index (χ2v) is 5.99. The SMILES string of the molecule is C[C@@H](NC(=O)N(C)C1CC1)c1ccc(Oc2cccnc2)c(F)c1. The van der Waals surface area contributed by atoms with E-state index in [-0.39, 0.29) is 17.8 Å². The maximum Gasteiger partial charge on any atom is 0.317 e. The Bertz CT molecular complexity index is 719. The number of ether oxygens (including phenoxy) is 1. The molecule has 24 heavy (non-hydrogen) atoms. The van der Waals surface area contributed by atoms with Gasteiger partial charge in [0, 0.05) is 19.3 Å². The standard InChI is InChI=1S/C18H20FN3O2/c1-12(21-18(23)22(2)14-6-7-14)13-5-8-17(16(19)10-13)24-15-4-3-9-20-11-15/h3-5,8-12,14H,6-7H2,1-2H3,(H,21,23)/t12-/m1/s1. The van der Waals surface area contributed by atoms with Crippen LogP contribution in [0.2, 0.25) is 0 Å². The number of rotatable bonds is 5. The highest BCUT2D eigenvalue weighted by Gasteiger charge is 2.30. The van der Waals surface area contributed by atoms with E-state index in [9.17, 15) is 9.18 Å². The molecule has 1 aliphatic carbocycles. The van der Waals surface area contributed by atoms with Crippen LogP contribution in [-0.4, -0.2) is 29.0 Å². The van der Waals surface area contributed by atoms with E-state index in [0.717, 1.165) is 12.8 Å². The highest BCUT2D eigenvalue weighted by molar-refractivity contribution is 5.75. The van der Waals surface area contributed by atoms with Gasteiger partial charge >= 0.3 is 6.03 Å². The topological polar surface area (TPSA) is 54.5 Å². The average molecular weight is 329 g/mol. The van der Waals surface area contributed by atoms with Crippen molar-refractivity contribution in [2.24, 2.45) is 0 Å². The highest BCUT2D eigenvalue weighted by Crippen LogP contribution is 2.28. The van der Waals surface area contributed by atoms with Gasteiger partial charge in [-0.05, 0) is 49.6 Å². The first-order valence-corrected chi connectivity index (χ1v) is 7.95. The van der Waals surface area contributed by atoms with Gasteiger partial charge in [-0.15, -0.1) is 0 Å². The Balaban J connectivity index is 1.66. The summed E-state index contributed by atoms with van der Waals surface area (Å²) in [6.07, 6.45) is 5.24. The Morgan fingerprint density at radius 1 is 1.42 bits per heavy atom. The third-order valence-corrected chi connectivity index (χ3v) is 4.07. The first-order valence-electron chi connectivity index (χ1n) is 7.95. The Kier molecular flexibility index (Phi) is 4.64. The molecule has 1 fully saturated rings. The van der Waals surface area contributed by atoms with Crippen molar-refractivity contribution in [1.29, 1.82) is 0 Å². The van der Waals surface area contributed by atoms with Crippen molar-refractivity contribution in [3.8, 4) is 11.5 Å². The molecule has 0 aliphatic heterocycles. The van der Waals surface area contributed by atoms with E-state index < -0.39 is 5.82 Å². The number of carbonyl (C=O) groups is 1. The van der Waals surface area contributed by atoms with Crippen LogP contribution in [0.1, 0.15) is 31.4 Å². The van der Waals surface area contributed by atoms with E-state index >= 15 is 0 Å². The molecule has 1 aliphatic rings. The second kappa shape index (κ2) is 6.86. The van der Waals surface area contributed by atoms with Gasteiger partial charge in [-0.3, -0.25) is 4.98 Å². The van der Waals surface area contributed by atoms with Crippen LogP contribution in [0.4, 0.5) is 9.18 Å². The molecule has 1 aromatic heterocycles. The number of nitrogens with zero attached hydrogens (tertiary/aromatic N) is 2. The summed E-state index contributed by atoms with van der Waals surface area (Å²) in [7, 11) is 1.78. The third kappa shape index (κ3) is 3.82. The van der Waals surface area contributed by atoms with Gasteiger partial charge in [-0.1, -0.05) is 6.07 Å². The Morgan fingerprint density at radius 3 is 2.83 bits per heavy atom. The largest absolute Gasteiger partial charge is 0.453 e. The van der Waals surface area contributed by atoms with E-state index in [1.54, 1.807) is 42.4 Å². The van der Waals surface area contributed by atoms with Crippen LogP contribution in [0.5, 0.6) is 11.5 Å². The summed E-state index contributed by atoms with van der Waals surface area (Å²) in [6, 6.07) is 8.02. The molecule has 126 valence electrons. The van der Waals surface area contributed by atoms with Gasteiger partial charge in [0.2, 0.25) is 0 Å². The van der Waals surface area contributed by atoms with Crippen molar-refractivity contribution >= 4 is 6.03 Å². The summed E-state index contributed by atoms with van der Waals surface area (Å²) in [5.74, 6) is 0.116. The summed E-state index contributed by atoms with van der Waals surface area (Å²) in [4.78, 5) is 17.7. The molecule has 1 heterocycles. The fourth-order valence-electron chi connectivity index (χ4n) is 2.40. The number of halogens is 1. The lowest BCUT2D eigenvalue weighted by Gasteiger charge is -2.21. The van der Waals surface area contributed by atoms with Gasteiger partial charge in [0.15, 0.2) is 11.6 Å². The van der Waals surface area contributed by atoms with Gasteiger partial charge in [-0.25, -0.2) is 9.18 Å². The zero-order valence-electron chi connectivity index (χ0n) is 13.7. The van der Waals surface area contributed by atoms with Crippen molar-refractivity contribution in [1.82, 2.24) is 15.2 Å². The first-order chi connectivity index (χ1) is 11.5. The van der Waals surface area contributed by atoms with Gasteiger partial charge in [0.05, 0.1) is 12.2 Å². The normalized spacial score (nSPS) is 14.8. The minimum absolute atomic E-state index is 0.125. The molecule has 0 spiro atoms. The van der Waals surface area contributed by atoms with E-state index in [1.165, 1.54) is 12.3 Å². The molecule has 2 aromatic rings. The fraction of sp³-hybridized carbons (Fsp3) is 0.333. The quantitative estimate of drug-likeness (QED) is 0.906. The number of hydrogen-bond acceptors (Lipinski definition) is 3. The first kappa shape index (κ1) is 16.2. The minimum Gasteiger partial charge on any atom is -0.453 e. The molecular weight excluding hydrogens is 309 g/mol. The van der Waals surface area contributed by atoms with Crippen molar-refractivity contribution in [3.63, 3.8) is 0 Å². The van der Waals surface area contributed by atoms with Crippen molar-refractivity contribution in [3.05, 3.63) is 54.1 Å². The predicted octanol–water partition coefficient (Wildman–Crippen LogP) is 3.88. The Hall–Kier alpha value is -2.63. The number of carbonyl (C=O) groups excluding carboxylic acids is 1. The molecule has 1 atom stereocenters. The van der Waals surface area contributed by atoms with Gasteiger partial charge in [0.25, 0.3) is 0 Å². The van der Waals surface area contributed by atoms with Crippen LogP contribution >= 0.6 is 0 Å². The number of urea groups is 1. The molecule has 5 nitrogen and oxygen atoms in total. The maximum absolute atomic E-state index is 14.3. The average Bonchev–Trinajstić information content (AvgIpc) is 3.41. The summed E-state index contributed by atoms with van der Waals surface area (Å²) in [5, 5.41) is 2.88. The summed E-state index contributed by atoms with van der Waals surface area (Å²) >= 11 is 0. The molecule has 1 aromatic carbocycles. The van der Waals surface area contributed by atoms with E-state index in [2.05, 4.69) is 10.3 Å². The number of hydrogen-bond donors (Lipinski definition) is 1. The number of nitrogens with one attached hydrogen (secondary N) is 1. The van der Waals surface area contributed by atoms with Gasteiger partial charge in [-0.2, -0.15) is 0 Å². The zero-order valence-corrected chi connectivity index (χ0v) is 13.7. The molecule has 3 rings (SSSR count). The van der Waals surface area contributed by atoms with Crippen LogP contribution in [0, 0.1) is 5.82 Å². The van der Waals surface area contributed by atoms with Crippen LogP contribution in [0.25, 0.3) is 0 Å². The molecule has 0 radical (unpaired) electrons. The smallest absolute Gasteiger partial charge is 0.317 e. The number of pyridine rings is 1. The van der Waals surface area contributed by atoms with Crippen LogP contribution in [0.3, 0.4) is 0 Å². The molecular formula is C18H20FN3O2. The van der Waals surface area contributed by atoms with Crippen LogP contribution < -0.4 is 10.1 Å². The van der Waals surface area contributed by atoms with Crippen molar-refractivity contribution in [2.45, 2.75) is 31.8 Å². The van der Waals surface area contributed by atoms with E-state index in [1.807, 2.05) is 6.92 Å².